The maximum atomic E-state index is 13.9. The van der Waals surface area contributed by atoms with Crippen molar-refractivity contribution < 1.29 is 32.2 Å². The first kappa shape index (κ1) is 21.4. The van der Waals surface area contributed by atoms with Gasteiger partial charge in [-0.25, -0.2) is 18.0 Å². The zero-order valence-corrected chi connectivity index (χ0v) is 16.7. The topological polar surface area (TPSA) is 55.8 Å². The second-order valence-corrected chi connectivity index (χ2v) is 7.86. The zero-order chi connectivity index (χ0) is 22.0. The fourth-order valence-corrected chi connectivity index (χ4v) is 4.31. The molecule has 2 atom stereocenters. The molecule has 2 saturated heterocycles. The van der Waals surface area contributed by atoms with E-state index >= 15 is 0 Å². The number of Topliss-reactive ketones (excluding diaryl/α,β-unsaturated/α-hetero) is 1. The highest BCUT2D eigenvalue weighted by molar-refractivity contribution is 5.98. The predicted molar refractivity (Wildman–Crippen MR) is 105 cm³/mol. The van der Waals surface area contributed by atoms with Crippen LogP contribution in [-0.4, -0.2) is 42.1 Å². The molecule has 2 heterocycles. The molecule has 0 radical (unpaired) electrons. The average molecular weight is 433 g/mol. The molecule has 0 aromatic heterocycles. The summed E-state index contributed by atoms with van der Waals surface area (Å²) >= 11 is 0. The summed E-state index contributed by atoms with van der Waals surface area (Å²) in [5.41, 5.74) is 0.209. The molecule has 0 aliphatic carbocycles. The molecule has 2 fully saturated rings. The number of nitrogens with zero attached hydrogens (tertiary/aromatic N) is 1. The molecular weight excluding hydrogens is 411 g/mol. The van der Waals surface area contributed by atoms with Gasteiger partial charge in [0, 0.05) is 11.5 Å². The first-order chi connectivity index (χ1) is 14.9. The van der Waals surface area contributed by atoms with Crippen LogP contribution in [0.1, 0.15) is 40.8 Å². The lowest BCUT2D eigenvalue weighted by Gasteiger charge is -2.47. The molecule has 5 nitrogen and oxygen atoms in total. The largest absolute Gasteiger partial charge is 0.445 e. The van der Waals surface area contributed by atoms with Crippen LogP contribution in [-0.2, 0) is 16.1 Å². The van der Waals surface area contributed by atoms with Crippen molar-refractivity contribution in [3.05, 3.63) is 71.0 Å². The molecule has 8 heteroatoms. The van der Waals surface area contributed by atoms with Crippen LogP contribution in [0.2, 0.25) is 0 Å². The van der Waals surface area contributed by atoms with Crippen molar-refractivity contribution in [2.24, 2.45) is 5.92 Å². The van der Waals surface area contributed by atoms with Gasteiger partial charge in [-0.2, -0.15) is 0 Å². The summed E-state index contributed by atoms with van der Waals surface area (Å²) in [6.45, 7) is 0.702. The van der Waals surface area contributed by atoms with Gasteiger partial charge in [0.15, 0.2) is 5.78 Å². The van der Waals surface area contributed by atoms with E-state index in [1.807, 2.05) is 30.3 Å². The summed E-state index contributed by atoms with van der Waals surface area (Å²) in [4.78, 5) is 27.3. The van der Waals surface area contributed by atoms with Crippen LogP contribution in [0.15, 0.2) is 48.5 Å². The highest BCUT2D eigenvalue weighted by atomic mass is 19.3. The Morgan fingerprint density at radius 1 is 1.06 bits per heavy atom. The lowest BCUT2D eigenvalue weighted by molar-refractivity contribution is -0.0755. The van der Waals surface area contributed by atoms with Gasteiger partial charge in [-0.1, -0.05) is 36.4 Å². The molecule has 4 rings (SSSR count). The summed E-state index contributed by atoms with van der Waals surface area (Å²) < 4.78 is 50.5. The number of halogens is 3. The quantitative estimate of drug-likeness (QED) is 0.638. The maximum absolute atomic E-state index is 13.9. The number of ketones is 1. The number of ether oxygens (including phenoxy) is 2. The third kappa shape index (κ3) is 4.58. The van der Waals surface area contributed by atoms with Gasteiger partial charge < -0.3 is 9.47 Å². The van der Waals surface area contributed by atoms with E-state index in [2.05, 4.69) is 0 Å². The highest BCUT2D eigenvalue weighted by Gasteiger charge is 2.44. The summed E-state index contributed by atoms with van der Waals surface area (Å²) in [7, 11) is 0. The number of benzene rings is 2. The smallest absolute Gasteiger partial charge is 0.410 e. The van der Waals surface area contributed by atoms with Crippen molar-refractivity contribution in [2.45, 2.75) is 38.0 Å². The standard InChI is InChI=1S/C23H22F3NO4/c24-20-10-15(6-7-19(20)22(25)26)21(28)16-8-17-12-30-13-18(9-16)27(17)23(29)31-11-14-4-2-1-3-5-14/h1-7,10,16-18,22H,8-9,11-13H2. The number of hydrogen-bond acceptors (Lipinski definition) is 4. The van der Waals surface area contributed by atoms with E-state index in [-0.39, 0.29) is 43.3 Å². The van der Waals surface area contributed by atoms with Crippen LogP contribution < -0.4 is 0 Å². The molecule has 164 valence electrons. The Morgan fingerprint density at radius 2 is 1.74 bits per heavy atom. The first-order valence-electron chi connectivity index (χ1n) is 10.1. The molecular formula is C23H22F3NO4. The minimum Gasteiger partial charge on any atom is -0.445 e. The molecule has 2 aromatic carbocycles. The van der Waals surface area contributed by atoms with Crippen molar-refractivity contribution in [1.29, 1.82) is 0 Å². The minimum absolute atomic E-state index is 0.0611. The molecule has 2 aliphatic rings. The summed E-state index contributed by atoms with van der Waals surface area (Å²) in [5, 5.41) is 0. The molecule has 31 heavy (non-hydrogen) atoms. The van der Waals surface area contributed by atoms with Crippen LogP contribution in [0.3, 0.4) is 0 Å². The predicted octanol–water partition coefficient (Wildman–Crippen LogP) is 4.76. The van der Waals surface area contributed by atoms with Gasteiger partial charge in [-0.3, -0.25) is 9.69 Å². The van der Waals surface area contributed by atoms with Gasteiger partial charge in [0.25, 0.3) is 6.43 Å². The van der Waals surface area contributed by atoms with Crippen molar-refractivity contribution in [3.63, 3.8) is 0 Å². The number of morpholine rings is 1. The summed E-state index contributed by atoms with van der Waals surface area (Å²) in [6, 6.07) is 11.7. The van der Waals surface area contributed by atoms with Gasteiger partial charge in [0.1, 0.15) is 12.4 Å². The third-order valence-electron chi connectivity index (χ3n) is 5.83. The first-order valence-corrected chi connectivity index (χ1v) is 10.1. The molecule has 0 N–H and O–H groups in total. The summed E-state index contributed by atoms with van der Waals surface area (Å²) in [5.74, 6) is -1.85. The molecule has 2 aromatic rings. The van der Waals surface area contributed by atoms with Crippen molar-refractivity contribution in [2.75, 3.05) is 13.2 Å². The van der Waals surface area contributed by atoms with E-state index in [1.54, 1.807) is 4.90 Å². The lowest BCUT2D eigenvalue weighted by Crippen LogP contribution is -2.59. The zero-order valence-electron chi connectivity index (χ0n) is 16.7. The number of carbonyl (C=O) groups excluding carboxylic acids is 2. The minimum atomic E-state index is -2.94. The number of amides is 1. The van der Waals surface area contributed by atoms with Gasteiger partial charge in [0.05, 0.1) is 30.9 Å². The van der Waals surface area contributed by atoms with Crippen LogP contribution in [0.4, 0.5) is 18.0 Å². The fourth-order valence-electron chi connectivity index (χ4n) is 4.31. The van der Waals surface area contributed by atoms with E-state index in [0.29, 0.717) is 12.8 Å². The average Bonchev–Trinajstić information content (AvgIpc) is 2.76. The van der Waals surface area contributed by atoms with Crippen molar-refractivity contribution >= 4 is 11.9 Å². The van der Waals surface area contributed by atoms with Gasteiger partial charge >= 0.3 is 6.09 Å². The highest BCUT2D eigenvalue weighted by Crippen LogP contribution is 2.34. The Labute approximate surface area is 177 Å². The molecule has 0 saturated carbocycles. The number of fused-ring (bicyclic) bond motifs is 2. The Bertz CT molecular complexity index is 939. The van der Waals surface area contributed by atoms with E-state index < -0.39 is 29.8 Å². The summed E-state index contributed by atoms with van der Waals surface area (Å²) in [6.07, 6.45) is -2.71. The van der Waals surface area contributed by atoms with Crippen molar-refractivity contribution in [3.8, 4) is 0 Å². The lowest BCUT2D eigenvalue weighted by atomic mass is 9.80. The van der Waals surface area contributed by atoms with E-state index in [0.717, 1.165) is 17.7 Å². The van der Waals surface area contributed by atoms with Gasteiger partial charge in [0.2, 0.25) is 0 Å². The maximum Gasteiger partial charge on any atom is 0.410 e. The molecule has 2 aliphatic heterocycles. The van der Waals surface area contributed by atoms with Crippen LogP contribution in [0.5, 0.6) is 0 Å². The number of rotatable bonds is 5. The van der Waals surface area contributed by atoms with E-state index in [1.165, 1.54) is 6.07 Å². The number of carbonyl (C=O) groups is 2. The molecule has 2 bridgehead atoms. The number of piperidine rings is 1. The Balaban J connectivity index is 1.43. The van der Waals surface area contributed by atoms with Gasteiger partial charge in [-0.15, -0.1) is 0 Å². The van der Waals surface area contributed by atoms with Crippen LogP contribution in [0, 0.1) is 11.7 Å². The third-order valence-corrected chi connectivity index (χ3v) is 5.83. The Hall–Kier alpha value is -2.87. The number of hydrogen-bond donors (Lipinski definition) is 0. The second kappa shape index (κ2) is 9.09. The normalized spacial score (nSPS) is 23.0. The Kier molecular flexibility index (Phi) is 6.27. The van der Waals surface area contributed by atoms with E-state index in [4.69, 9.17) is 9.47 Å². The monoisotopic (exact) mass is 433 g/mol. The number of alkyl halides is 2. The van der Waals surface area contributed by atoms with Crippen molar-refractivity contribution in [1.82, 2.24) is 4.90 Å². The molecule has 0 spiro atoms. The van der Waals surface area contributed by atoms with Crippen LogP contribution >= 0.6 is 0 Å². The van der Waals surface area contributed by atoms with Crippen LogP contribution in [0.25, 0.3) is 0 Å². The SMILES string of the molecule is O=C(c1ccc(C(F)F)c(F)c1)C1CC2COCC(C1)N2C(=O)OCc1ccccc1. The van der Waals surface area contributed by atoms with Gasteiger partial charge in [-0.05, 0) is 30.5 Å². The second-order valence-electron chi connectivity index (χ2n) is 7.86. The molecule has 1 amide bonds. The molecule has 2 unspecified atom stereocenters. The van der Waals surface area contributed by atoms with E-state index in [9.17, 15) is 22.8 Å². The Morgan fingerprint density at radius 3 is 2.35 bits per heavy atom. The fraction of sp³-hybridized carbons (Fsp3) is 0.391.